The second-order valence-corrected chi connectivity index (χ2v) is 5.76. The third kappa shape index (κ3) is 4.01. The molecule has 1 aliphatic rings. The van der Waals surface area contributed by atoms with E-state index in [0.717, 1.165) is 43.3 Å². The molecule has 0 saturated carbocycles. The van der Waals surface area contributed by atoms with Crippen molar-refractivity contribution in [2.24, 2.45) is 5.92 Å². The Morgan fingerprint density at radius 2 is 1.88 bits per heavy atom. The summed E-state index contributed by atoms with van der Waals surface area (Å²) in [4.78, 5) is 23.1. The standard InChI is InChI=1S/C18H22N4O2/c1-2-24-16-6-4-15(5-7-16)21-17(23)14-8-12-22(13-9-14)18-19-10-3-11-20-18/h3-7,10-11,14H,2,8-9,12-13H2,1H3,(H,21,23). The number of carbonyl (C=O) groups excluding carboxylic acids is 1. The second kappa shape index (κ2) is 7.77. The molecule has 6 nitrogen and oxygen atoms in total. The summed E-state index contributed by atoms with van der Waals surface area (Å²) in [5, 5.41) is 2.99. The Kier molecular flexibility index (Phi) is 5.25. The number of aromatic nitrogens is 2. The van der Waals surface area contributed by atoms with Crippen LogP contribution in [0, 0.1) is 5.92 Å². The zero-order valence-corrected chi connectivity index (χ0v) is 13.8. The lowest BCUT2D eigenvalue weighted by Gasteiger charge is -2.31. The predicted octanol–water partition coefficient (Wildman–Crippen LogP) is 2.73. The molecule has 0 radical (unpaired) electrons. The van der Waals surface area contributed by atoms with Crippen LogP contribution in [0.1, 0.15) is 19.8 Å². The van der Waals surface area contributed by atoms with Gasteiger partial charge in [-0.3, -0.25) is 4.79 Å². The molecule has 3 rings (SSSR count). The number of nitrogens with one attached hydrogen (secondary N) is 1. The maximum atomic E-state index is 12.4. The summed E-state index contributed by atoms with van der Waals surface area (Å²) >= 11 is 0. The highest BCUT2D eigenvalue weighted by Gasteiger charge is 2.26. The molecule has 0 aliphatic carbocycles. The number of hydrogen-bond acceptors (Lipinski definition) is 5. The monoisotopic (exact) mass is 326 g/mol. The van der Waals surface area contributed by atoms with E-state index < -0.39 is 0 Å². The molecule has 1 fully saturated rings. The smallest absolute Gasteiger partial charge is 0.227 e. The average Bonchev–Trinajstić information content (AvgIpc) is 2.64. The van der Waals surface area contributed by atoms with Crippen LogP contribution in [0.25, 0.3) is 0 Å². The van der Waals surface area contributed by atoms with Gasteiger partial charge in [-0.15, -0.1) is 0 Å². The Morgan fingerprint density at radius 3 is 2.50 bits per heavy atom. The number of hydrogen-bond donors (Lipinski definition) is 1. The second-order valence-electron chi connectivity index (χ2n) is 5.76. The van der Waals surface area contributed by atoms with E-state index in [1.54, 1.807) is 18.5 Å². The third-order valence-corrected chi connectivity index (χ3v) is 4.13. The number of amides is 1. The number of benzene rings is 1. The highest BCUT2D eigenvalue weighted by molar-refractivity contribution is 5.92. The first-order chi connectivity index (χ1) is 11.8. The molecule has 1 aliphatic heterocycles. The lowest BCUT2D eigenvalue weighted by molar-refractivity contribution is -0.120. The molecule has 1 aromatic heterocycles. The molecule has 1 aromatic carbocycles. The van der Waals surface area contributed by atoms with E-state index in [2.05, 4.69) is 20.2 Å². The molecule has 1 amide bonds. The molecule has 1 saturated heterocycles. The van der Waals surface area contributed by atoms with Gasteiger partial charge in [0.15, 0.2) is 0 Å². The van der Waals surface area contributed by atoms with Crippen LogP contribution in [-0.4, -0.2) is 35.6 Å². The van der Waals surface area contributed by atoms with Gasteiger partial charge in [0.25, 0.3) is 0 Å². The van der Waals surface area contributed by atoms with Crippen molar-refractivity contribution in [1.29, 1.82) is 0 Å². The van der Waals surface area contributed by atoms with Gasteiger partial charge in [-0.2, -0.15) is 0 Å². The van der Waals surface area contributed by atoms with Crippen LogP contribution in [0.2, 0.25) is 0 Å². The minimum absolute atomic E-state index is 0.0246. The largest absolute Gasteiger partial charge is 0.494 e. The molecule has 126 valence electrons. The van der Waals surface area contributed by atoms with E-state index in [0.29, 0.717) is 6.61 Å². The minimum Gasteiger partial charge on any atom is -0.494 e. The maximum Gasteiger partial charge on any atom is 0.227 e. The molecule has 0 unspecified atom stereocenters. The van der Waals surface area contributed by atoms with Crippen LogP contribution in [0.15, 0.2) is 42.7 Å². The summed E-state index contributed by atoms with van der Waals surface area (Å²) in [6, 6.07) is 9.29. The van der Waals surface area contributed by atoms with Crippen LogP contribution in [0.5, 0.6) is 5.75 Å². The normalized spacial score (nSPS) is 15.1. The Morgan fingerprint density at radius 1 is 1.21 bits per heavy atom. The van der Waals surface area contributed by atoms with Crippen LogP contribution in [-0.2, 0) is 4.79 Å². The molecular weight excluding hydrogens is 304 g/mol. The van der Waals surface area contributed by atoms with Crippen molar-refractivity contribution in [2.75, 3.05) is 29.9 Å². The molecule has 0 spiro atoms. The summed E-state index contributed by atoms with van der Waals surface area (Å²) < 4.78 is 5.41. The quantitative estimate of drug-likeness (QED) is 0.915. The van der Waals surface area contributed by atoms with Crippen molar-refractivity contribution in [3.8, 4) is 5.75 Å². The number of anilines is 2. The zero-order chi connectivity index (χ0) is 16.8. The summed E-state index contributed by atoms with van der Waals surface area (Å²) in [6.45, 7) is 4.18. The van der Waals surface area contributed by atoms with E-state index in [1.807, 2.05) is 31.2 Å². The van der Waals surface area contributed by atoms with Gasteiger partial charge in [-0.1, -0.05) is 0 Å². The van der Waals surface area contributed by atoms with Crippen LogP contribution < -0.4 is 15.0 Å². The van der Waals surface area contributed by atoms with Gasteiger partial charge < -0.3 is 15.0 Å². The first kappa shape index (κ1) is 16.2. The molecule has 2 aromatic rings. The van der Waals surface area contributed by atoms with E-state index in [-0.39, 0.29) is 11.8 Å². The number of carbonyl (C=O) groups is 1. The van der Waals surface area contributed by atoms with E-state index in [9.17, 15) is 4.79 Å². The Hall–Kier alpha value is -2.63. The Balaban J connectivity index is 1.51. The van der Waals surface area contributed by atoms with Crippen molar-refractivity contribution >= 4 is 17.5 Å². The van der Waals surface area contributed by atoms with Gasteiger partial charge in [-0.25, -0.2) is 9.97 Å². The lowest BCUT2D eigenvalue weighted by Crippen LogP contribution is -2.38. The molecular formula is C18H22N4O2. The first-order valence-corrected chi connectivity index (χ1v) is 8.32. The fourth-order valence-electron chi connectivity index (χ4n) is 2.84. The molecule has 1 N–H and O–H groups in total. The van der Waals surface area contributed by atoms with Crippen LogP contribution >= 0.6 is 0 Å². The van der Waals surface area contributed by atoms with Gasteiger partial charge in [0.05, 0.1) is 6.61 Å². The average molecular weight is 326 g/mol. The van der Waals surface area contributed by atoms with Gasteiger partial charge in [-0.05, 0) is 50.1 Å². The topological polar surface area (TPSA) is 67.3 Å². The summed E-state index contributed by atoms with van der Waals surface area (Å²) in [6.07, 6.45) is 5.10. The van der Waals surface area contributed by atoms with E-state index in [1.165, 1.54) is 0 Å². The molecule has 0 bridgehead atoms. The Bertz CT molecular complexity index is 652. The van der Waals surface area contributed by atoms with Gasteiger partial charge in [0.1, 0.15) is 5.75 Å². The first-order valence-electron chi connectivity index (χ1n) is 8.32. The molecule has 24 heavy (non-hydrogen) atoms. The minimum atomic E-state index is 0.0246. The molecule has 0 atom stereocenters. The SMILES string of the molecule is CCOc1ccc(NC(=O)C2CCN(c3ncccn3)CC2)cc1. The van der Waals surface area contributed by atoms with Crippen molar-refractivity contribution in [2.45, 2.75) is 19.8 Å². The highest BCUT2D eigenvalue weighted by atomic mass is 16.5. The number of piperidine rings is 1. The van der Waals surface area contributed by atoms with E-state index >= 15 is 0 Å². The van der Waals surface area contributed by atoms with Crippen molar-refractivity contribution in [3.63, 3.8) is 0 Å². The van der Waals surface area contributed by atoms with Crippen molar-refractivity contribution in [1.82, 2.24) is 9.97 Å². The number of ether oxygens (including phenoxy) is 1. The van der Waals surface area contributed by atoms with Crippen molar-refractivity contribution < 1.29 is 9.53 Å². The Labute approximate surface area is 141 Å². The number of nitrogens with zero attached hydrogens (tertiary/aromatic N) is 3. The molecule has 6 heteroatoms. The summed E-state index contributed by atoms with van der Waals surface area (Å²) in [5.41, 5.74) is 0.803. The predicted molar refractivity (Wildman–Crippen MR) is 93.2 cm³/mol. The highest BCUT2D eigenvalue weighted by Crippen LogP contribution is 2.22. The summed E-state index contributed by atoms with van der Waals surface area (Å²) in [7, 11) is 0. The van der Waals surface area contributed by atoms with Gasteiger partial charge >= 0.3 is 0 Å². The zero-order valence-electron chi connectivity index (χ0n) is 13.8. The lowest BCUT2D eigenvalue weighted by atomic mass is 9.96. The van der Waals surface area contributed by atoms with Crippen molar-refractivity contribution in [3.05, 3.63) is 42.7 Å². The number of rotatable bonds is 5. The fourth-order valence-corrected chi connectivity index (χ4v) is 2.84. The van der Waals surface area contributed by atoms with Crippen LogP contribution in [0.3, 0.4) is 0 Å². The van der Waals surface area contributed by atoms with Gasteiger partial charge in [0.2, 0.25) is 11.9 Å². The fraction of sp³-hybridized carbons (Fsp3) is 0.389. The summed E-state index contributed by atoms with van der Waals surface area (Å²) in [5.74, 6) is 1.65. The van der Waals surface area contributed by atoms with Crippen LogP contribution in [0.4, 0.5) is 11.6 Å². The molecule has 2 heterocycles. The van der Waals surface area contributed by atoms with E-state index in [4.69, 9.17) is 4.74 Å². The third-order valence-electron chi connectivity index (χ3n) is 4.13. The maximum absolute atomic E-state index is 12.4. The van der Waals surface area contributed by atoms with Gasteiger partial charge in [0, 0.05) is 37.1 Å².